The third kappa shape index (κ3) is 10.8. The molecule has 0 unspecified atom stereocenters. The summed E-state index contributed by atoms with van der Waals surface area (Å²) in [5.74, 6) is -0.933. The first-order valence-electron chi connectivity index (χ1n) is 16.2. The largest absolute Gasteiger partial charge is 0.442 e. The normalized spacial score (nSPS) is 21.0. The lowest BCUT2D eigenvalue weighted by atomic mass is 9.86. The monoisotopic (exact) mass is 661 g/mol. The number of carbonyl (C=O) groups excluding carboxylic acids is 3. The molecule has 3 rings (SSSR count). The Labute approximate surface area is 273 Å². The molecule has 0 spiro atoms. The second-order valence-electron chi connectivity index (χ2n) is 12.8. The van der Waals surface area contributed by atoms with Crippen molar-refractivity contribution in [3.63, 3.8) is 0 Å². The number of hydrogen-bond acceptors (Lipinski definition) is 9. The van der Waals surface area contributed by atoms with Gasteiger partial charge < -0.3 is 34.3 Å². The molecule has 0 radical (unpaired) electrons. The van der Waals surface area contributed by atoms with Crippen LogP contribution in [0.4, 0.5) is 4.79 Å². The van der Waals surface area contributed by atoms with Crippen molar-refractivity contribution in [2.45, 2.75) is 76.1 Å². The number of piperidine rings is 1. The molecule has 2 heterocycles. The van der Waals surface area contributed by atoms with E-state index >= 15 is 0 Å². The first kappa shape index (κ1) is 37.6. The zero-order valence-electron chi connectivity index (χ0n) is 27.5. The van der Waals surface area contributed by atoms with Crippen LogP contribution in [0.25, 0.3) is 6.08 Å². The van der Waals surface area contributed by atoms with E-state index in [1.54, 1.807) is 29.2 Å². The van der Waals surface area contributed by atoms with Crippen LogP contribution in [0, 0.1) is 17.8 Å². The maximum atomic E-state index is 13.2. The molecule has 2 fully saturated rings. The molecule has 1 amide bonds. The van der Waals surface area contributed by atoms with Crippen molar-refractivity contribution in [3.05, 3.63) is 47.6 Å². The number of hydrogen-bond donors (Lipinski definition) is 2. The minimum absolute atomic E-state index is 0.0508. The summed E-state index contributed by atoms with van der Waals surface area (Å²) < 4.78 is 33.8. The standard InChI is InChI=1S/C34H51N3O8S/c1-25(9-11-33(26(2)8-10-29(40)14-21-38)45-34(42)36-19-17-35(4)18-20-36)32(24-39)27(3)22-28-6-5-7-31(23-28)46(43,44)37-15-12-30(41)13-16-37/h5-7,9,11,21-26,29-30,32-33,40-41H,8,10,12-20H2,1-4H3/b11-9+,27-22+/t25-,26-,29+,32-,33-/m0/s1. The second kappa shape index (κ2) is 17.9. The van der Waals surface area contributed by atoms with Crippen LogP contribution >= 0.6 is 0 Å². The number of carbonyl (C=O) groups is 3. The molecule has 46 heavy (non-hydrogen) atoms. The van der Waals surface area contributed by atoms with Gasteiger partial charge in [-0.05, 0) is 75.3 Å². The van der Waals surface area contributed by atoms with Gasteiger partial charge >= 0.3 is 6.09 Å². The van der Waals surface area contributed by atoms with Crippen molar-refractivity contribution in [2.24, 2.45) is 17.8 Å². The van der Waals surface area contributed by atoms with Crippen LogP contribution < -0.4 is 0 Å². The molecular weight excluding hydrogens is 610 g/mol. The van der Waals surface area contributed by atoms with Gasteiger partial charge in [0.25, 0.3) is 0 Å². The van der Waals surface area contributed by atoms with E-state index < -0.39 is 40.3 Å². The van der Waals surface area contributed by atoms with Gasteiger partial charge in [-0.3, -0.25) is 0 Å². The summed E-state index contributed by atoms with van der Waals surface area (Å²) in [6, 6.07) is 6.62. The summed E-state index contributed by atoms with van der Waals surface area (Å²) in [6.45, 7) is 8.83. The van der Waals surface area contributed by atoms with E-state index in [9.17, 15) is 33.0 Å². The van der Waals surface area contributed by atoms with E-state index in [0.29, 0.717) is 50.6 Å². The fourth-order valence-corrected chi connectivity index (χ4v) is 7.30. The van der Waals surface area contributed by atoms with Gasteiger partial charge in [0.05, 0.1) is 17.1 Å². The second-order valence-corrected chi connectivity index (χ2v) is 14.7. The zero-order chi connectivity index (χ0) is 33.9. The van der Waals surface area contributed by atoms with Crippen molar-refractivity contribution in [3.8, 4) is 0 Å². The zero-order valence-corrected chi connectivity index (χ0v) is 28.3. The van der Waals surface area contributed by atoms with E-state index in [2.05, 4.69) is 4.90 Å². The summed E-state index contributed by atoms with van der Waals surface area (Å²) in [4.78, 5) is 40.2. The number of aliphatic hydroxyl groups excluding tert-OH is 2. The minimum Gasteiger partial charge on any atom is -0.442 e. The molecule has 11 nitrogen and oxygen atoms in total. The van der Waals surface area contributed by atoms with Crippen LogP contribution in [-0.4, -0.2) is 116 Å². The highest BCUT2D eigenvalue weighted by Gasteiger charge is 2.29. The lowest BCUT2D eigenvalue weighted by Gasteiger charge is -2.33. The highest BCUT2D eigenvalue weighted by Crippen LogP contribution is 2.27. The molecule has 12 heteroatoms. The molecule has 1 aromatic rings. The van der Waals surface area contributed by atoms with E-state index in [0.717, 1.165) is 24.9 Å². The maximum Gasteiger partial charge on any atom is 0.410 e. The van der Waals surface area contributed by atoms with Gasteiger partial charge in [-0.15, -0.1) is 0 Å². The van der Waals surface area contributed by atoms with E-state index in [1.165, 1.54) is 4.31 Å². The van der Waals surface area contributed by atoms with E-state index in [4.69, 9.17) is 4.74 Å². The van der Waals surface area contributed by atoms with Crippen molar-refractivity contribution >= 4 is 34.8 Å². The van der Waals surface area contributed by atoms with Gasteiger partial charge in [-0.25, -0.2) is 13.2 Å². The Hall–Kier alpha value is -2.90. The van der Waals surface area contributed by atoms with E-state index in [1.807, 2.05) is 46.0 Å². The number of piperazine rings is 1. The lowest BCUT2D eigenvalue weighted by molar-refractivity contribution is -0.111. The van der Waals surface area contributed by atoms with Crippen LogP contribution in [0.2, 0.25) is 0 Å². The molecule has 0 aromatic heterocycles. The summed E-state index contributed by atoms with van der Waals surface area (Å²) in [7, 11) is -1.71. The average molecular weight is 662 g/mol. The molecule has 0 aliphatic carbocycles. The molecule has 0 bridgehead atoms. The van der Waals surface area contributed by atoms with Crippen molar-refractivity contribution < 1.29 is 37.8 Å². The molecule has 256 valence electrons. The minimum atomic E-state index is -3.71. The Morgan fingerprint density at radius 3 is 2.35 bits per heavy atom. The van der Waals surface area contributed by atoms with Gasteiger partial charge in [-0.1, -0.05) is 43.7 Å². The van der Waals surface area contributed by atoms with Crippen LogP contribution in [0.5, 0.6) is 0 Å². The number of ether oxygens (including phenoxy) is 1. The highest BCUT2D eigenvalue weighted by atomic mass is 32.2. The number of aliphatic hydroxyl groups is 2. The number of allylic oxidation sites excluding steroid dienone is 2. The Morgan fingerprint density at radius 1 is 1.04 bits per heavy atom. The van der Waals surface area contributed by atoms with E-state index in [-0.39, 0.29) is 36.2 Å². The third-order valence-electron chi connectivity index (χ3n) is 9.04. The number of sulfonamides is 1. The molecule has 1 aromatic carbocycles. The molecule has 2 aliphatic rings. The lowest BCUT2D eigenvalue weighted by Crippen LogP contribution is -2.48. The van der Waals surface area contributed by atoms with Gasteiger partial charge in [-0.2, -0.15) is 4.31 Å². The number of likely N-dealkylation sites (N-methyl/N-ethyl adjacent to an activating group) is 1. The van der Waals surface area contributed by atoms with Crippen LogP contribution in [0.1, 0.15) is 58.4 Å². The van der Waals surface area contributed by atoms with Gasteiger partial charge in [0.15, 0.2) is 0 Å². The fraction of sp³-hybridized carbons (Fsp3) is 0.618. The SMILES string of the molecule is C/C(=C\c1cccc(S(=O)(=O)N2CCC(O)CC2)c1)[C@@H](C=O)[C@@H](C)/C=C/[C@H](OC(=O)N1CCN(C)CC1)[C@@H](C)CC[C@@H](O)CC=O. The quantitative estimate of drug-likeness (QED) is 0.214. The Kier molecular flexibility index (Phi) is 14.6. The van der Waals surface area contributed by atoms with Gasteiger partial charge in [0.1, 0.15) is 18.7 Å². The molecule has 0 saturated carbocycles. The summed E-state index contributed by atoms with van der Waals surface area (Å²) in [5.41, 5.74) is 1.40. The molecule has 2 N–H and O–H groups in total. The van der Waals surface area contributed by atoms with Gasteiger partial charge in [0.2, 0.25) is 10.0 Å². The first-order valence-corrected chi connectivity index (χ1v) is 17.7. The van der Waals surface area contributed by atoms with Crippen LogP contribution in [-0.2, 0) is 24.3 Å². The predicted octanol–water partition coefficient (Wildman–Crippen LogP) is 3.36. The molecule has 2 aliphatic heterocycles. The topological polar surface area (TPSA) is 145 Å². The first-order chi connectivity index (χ1) is 21.8. The number of amides is 1. The molecule has 5 atom stereocenters. The van der Waals surface area contributed by atoms with Crippen molar-refractivity contribution in [1.82, 2.24) is 14.1 Å². The van der Waals surface area contributed by atoms with Crippen molar-refractivity contribution in [1.29, 1.82) is 0 Å². The number of aldehydes is 2. The Morgan fingerprint density at radius 2 is 1.72 bits per heavy atom. The maximum absolute atomic E-state index is 13.2. The predicted molar refractivity (Wildman–Crippen MR) is 176 cm³/mol. The number of nitrogens with zero attached hydrogens (tertiary/aromatic N) is 3. The fourth-order valence-electron chi connectivity index (χ4n) is 5.78. The van der Waals surface area contributed by atoms with Gasteiger partial charge in [0, 0.05) is 51.6 Å². The van der Waals surface area contributed by atoms with Crippen LogP contribution in [0.3, 0.4) is 0 Å². The highest BCUT2D eigenvalue weighted by molar-refractivity contribution is 7.89. The van der Waals surface area contributed by atoms with Crippen molar-refractivity contribution in [2.75, 3.05) is 46.3 Å². The summed E-state index contributed by atoms with van der Waals surface area (Å²) in [5, 5.41) is 19.9. The smallest absolute Gasteiger partial charge is 0.410 e. The Balaban J connectivity index is 1.75. The average Bonchev–Trinajstić information content (AvgIpc) is 3.03. The molecule has 2 saturated heterocycles. The summed E-state index contributed by atoms with van der Waals surface area (Å²) in [6.07, 6.45) is 6.56. The third-order valence-corrected chi connectivity index (χ3v) is 10.9. The molecular formula is C34H51N3O8S. The Bertz CT molecular complexity index is 1320. The van der Waals surface area contributed by atoms with Crippen LogP contribution in [0.15, 0.2) is 46.9 Å². The number of benzene rings is 1. The summed E-state index contributed by atoms with van der Waals surface area (Å²) >= 11 is 0. The number of rotatable bonds is 15.